The zero-order chi connectivity index (χ0) is 11.9. The summed E-state index contributed by atoms with van der Waals surface area (Å²) in [5.41, 5.74) is 5.19. The third kappa shape index (κ3) is 6.77. The summed E-state index contributed by atoms with van der Waals surface area (Å²) in [7, 11) is -1.84. The summed E-state index contributed by atoms with van der Waals surface area (Å²) in [5.74, 6) is -0.279. The van der Waals surface area contributed by atoms with Gasteiger partial charge in [-0.15, -0.1) is 0 Å². The summed E-state index contributed by atoms with van der Waals surface area (Å²) in [6, 6.07) is 0. The summed E-state index contributed by atoms with van der Waals surface area (Å²) >= 11 is 4.56. The SMILES string of the molecule is CN(CCCCCO)S(=O)(=O)CC(N)=S. The molecular weight excluding hydrogens is 236 g/mol. The average molecular weight is 254 g/mol. The van der Waals surface area contributed by atoms with Crippen LogP contribution >= 0.6 is 12.2 Å². The molecule has 15 heavy (non-hydrogen) atoms. The third-order valence-electron chi connectivity index (χ3n) is 1.93. The van der Waals surface area contributed by atoms with Crippen LogP contribution in [0.15, 0.2) is 0 Å². The van der Waals surface area contributed by atoms with Gasteiger partial charge >= 0.3 is 0 Å². The van der Waals surface area contributed by atoms with E-state index in [1.807, 2.05) is 0 Å². The molecule has 0 bridgehead atoms. The molecule has 0 aromatic heterocycles. The largest absolute Gasteiger partial charge is 0.396 e. The topological polar surface area (TPSA) is 83.6 Å². The van der Waals surface area contributed by atoms with Crippen LogP contribution in [0, 0.1) is 0 Å². The summed E-state index contributed by atoms with van der Waals surface area (Å²) in [6.07, 6.45) is 2.24. The number of sulfonamides is 1. The molecule has 0 unspecified atom stereocenters. The van der Waals surface area contributed by atoms with Crippen LogP contribution in [0.2, 0.25) is 0 Å². The van der Waals surface area contributed by atoms with Gasteiger partial charge in [-0.25, -0.2) is 12.7 Å². The Kier molecular flexibility index (Phi) is 6.99. The minimum absolute atomic E-state index is 0.0165. The van der Waals surface area contributed by atoms with Gasteiger partial charge in [-0.05, 0) is 19.3 Å². The Morgan fingerprint density at radius 1 is 1.40 bits per heavy atom. The number of unbranched alkanes of at least 4 members (excludes halogenated alkanes) is 2. The molecule has 0 atom stereocenters. The van der Waals surface area contributed by atoms with Crippen molar-refractivity contribution < 1.29 is 13.5 Å². The highest BCUT2D eigenvalue weighted by Gasteiger charge is 2.17. The Labute approximate surface area is 96.3 Å². The predicted octanol–water partition coefficient (Wildman–Crippen LogP) is -0.303. The molecule has 0 aromatic carbocycles. The third-order valence-corrected chi connectivity index (χ3v) is 4.07. The lowest BCUT2D eigenvalue weighted by atomic mass is 10.2. The number of nitrogens with two attached hydrogens (primary N) is 1. The molecule has 3 N–H and O–H groups in total. The van der Waals surface area contributed by atoms with Crippen molar-refractivity contribution in [2.45, 2.75) is 19.3 Å². The molecule has 0 aliphatic rings. The van der Waals surface area contributed by atoms with Gasteiger partial charge in [0.05, 0.1) is 4.99 Å². The maximum absolute atomic E-state index is 11.5. The highest BCUT2D eigenvalue weighted by Crippen LogP contribution is 2.02. The Hall–Kier alpha value is -0.240. The maximum atomic E-state index is 11.5. The van der Waals surface area contributed by atoms with E-state index in [4.69, 9.17) is 10.8 Å². The average Bonchev–Trinajstić information content (AvgIpc) is 2.10. The molecule has 0 saturated carbocycles. The first-order valence-electron chi connectivity index (χ1n) is 4.73. The second-order valence-corrected chi connectivity index (χ2v) is 5.93. The zero-order valence-corrected chi connectivity index (χ0v) is 10.5. The van der Waals surface area contributed by atoms with Gasteiger partial charge in [0.2, 0.25) is 10.0 Å². The highest BCUT2D eigenvalue weighted by atomic mass is 32.2. The number of thiocarbonyl (C=S) groups is 1. The Morgan fingerprint density at radius 2 is 2.00 bits per heavy atom. The summed E-state index contributed by atoms with van der Waals surface area (Å²) < 4.78 is 24.3. The molecule has 0 heterocycles. The van der Waals surface area contributed by atoms with Gasteiger partial charge in [-0.3, -0.25) is 0 Å². The number of nitrogens with zero attached hydrogens (tertiary/aromatic N) is 1. The molecule has 0 rings (SSSR count). The van der Waals surface area contributed by atoms with Crippen LogP contribution in [-0.2, 0) is 10.0 Å². The van der Waals surface area contributed by atoms with E-state index in [0.29, 0.717) is 13.0 Å². The van der Waals surface area contributed by atoms with Gasteiger partial charge in [-0.1, -0.05) is 12.2 Å². The Balaban J connectivity index is 3.97. The Bertz CT molecular complexity index is 290. The number of hydrogen-bond donors (Lipinski definition) is 2. The van der Waals surface area contributed by atoms with Crippen molar-refractivity contribution in [1.82, 2.24) is 4.31 Å². The lowest BCUT2D eigenvalue weighted by Crippen LogP contribution is -2.34. The number of aliphatic hydroxyl groups excluding tert-OH is 1. The van der Waals surface area contributed by atoms with Crippen LogP contribution in [0.3, 0.4) is 0 Å². The minimum Gasteiger partial charge on any atom is -0.396 e. The number of aliphatic hydroxyl groups is 1. The van der Waals surface area contributed by atoms with Crippen molar-refractivity contribution in [1.29, 1.82) is 0 Å². The smallest absolute Gasteiger partial charge is 0.220 e. The molecule has 7 heteroatoms. The lowest BCUT2D eigenvalue weighted by molar-refractivity contribution is 0.281. The van der Waals surface area contributed by atoms with E-state index in [-0.39, 0.29) is 17.3 Å². The highest BCUT2D eigenvalue weighted by molar-refractivity contribution is 7.92. The van der Waals surface area contributed by atoms with Crippen LogP contribution in [0.1, 0.15) is 19.3 Å². The van der Waals surface area contributed by atoms with Gasteiger partial charge in [0.25, 0.3) is 0 Å². The van der Waals surface area contributed by atoms with Gasteiger partial charge in [0.1, 0.15) is 5.75 Å². The Morgan fingerprint density at radius 3 is 2.47 bits per heavy atom. The van der Waals surface area contributed by atoms with E-state index in [0.717, 1.165) is 12.8 Å². The van der Waals surface area contributed by atoms with E-state index in [1.165, 1.54) is 11.4 Å². The normalized spacial score (nSPS) is 11.9. The van der Waals surface area contributed by atoms with Crippen LogP contribution < -0.4 is 5.73 Å². The molecule has 0 aromatic rings. The molecule has 0 saturated heterocycles. The van der Waals surface area contributed by atoms with Gasteiger partial charge < -0.3 is 10.8 Å². The van der Waals surface area contributed by atoms with Gasteiger partial charge in [0, 0.05) is 20.2 Å². The molecule has 0 spiro atoms. The first-order chi connectivity index (χ1) is 6.90. The molecule has 0 aliphatic heterocycles. The fourth-order valence-corrected chi connectivity index (χ4v) is 2.49. The molecule has 90 valence electrons. The van der Waals surface area contributed by atoms with Crippen molar-refractivity contribution >= 4 is 27.2 Å². The van der Waals surface area contributed by atoms with Crippen molar-refractivity contribution in [2.75, 3.05) is 26.0 Å². The van der Waals surface area contributed by atoms with Crippen LogP contribution in [0.5, 0.6) is 0 Å². The van der Waals surface area contributed by atoms with Crippen molar-refractivity contribution in [3.05, 3.63) is 0 Å². The van der Waals surface area contributed by atoms with Crippen molar-refractivity contribution in [3.63, 3.8) is 0 Å². The minimum atomic E-state index is -3.34. The number of rotatable bonds is 8. The van der Waals surface area contributed by atoms with E-state index < -0.39 is 10.0 Å². The van der Waals surface area contributed by atoms with E-state index in [9.17, 15) is 8.42 Å². The van der Waals surface area contributed by atoms with Crippen LogP contribution in [0.25, 0.3) is 0 Å². The van der Waals surface area contributed by atoms with E-state index in [1.54, 1.807) is 0 Å². The quantitative estimate of drug-likeness (QED) is 0.459. The lowest BCUT2D eigenvalue weighted by Gasteiger charge is -2.16. The predicted molar refractivity (Wildman–Crippen MR) is 64.1 cm³/mol. The summed E-state index contributed by atoms with van der Waals surface area (Å²) in [5, 5.41) is 8.54. The maximum Gasteiger partial charge on any atom is 0.220 e. The molecule has 5 nitrogen and oxygen atoms in total. The molecule has 0 aliphatic carbocycles. The zero-order valence-electron chi connectivity index (χ0n) is 8.85. The molecule has 0 radical (unpaired) electrons. The summed E-state index contributed by atoms with van der Waals surface area (Å²) in [6.45, 7) is 0.578. The number of hydrogen-bond acceptors (Lipinski definition) is 4. The molecule has 0 fully saturated rings. The first-order valence-corrected chi connectivity index (χ1v) is 6.75. The standard InChI is InChI=1S/C8H18N2O3S2/c1-10(5-3-2-4-6-11)15(12,13)7-8(9)14/h11H,2-7H2,1H3,(H2,9,14). The fourth-order valence-electron chi connectivity index (χ4n) is 1.05. The van der Waals surface area contributed by atoms with E-state index >= 15 is 0 Å². The summed E-state index contributed by atoms with van der Waals surface area (Å²) in [4.78, 5) is -0.0165. The molecular formula is C8H18N2O3S2. The second-order valence-electron chi connectivity index (χ2n) is 3.33. The van der Waals surface area contributed by atoms with Gasteiger partial charge in [0.15, 0.2) is 0 Å². The van der Waals surface area contributed by atoms with Crippen LogP contribution in [-0.4, -0.2) is 48.8 Å². The van der Waals surface area contributed by atoms with Crippen molar-refractivity contribution in [2.24, 2.45) is 5.73 Å². The fraction of sp³-hybridized carbons (Fsp3) is 0.875. The van der Waals surface area contributed by atoms with E-state index in [2.05, 4.69) is 12.2 Å². The second kappa shape index (κ2) is 7.10. The van der Waals surface area contributed by atoms with Crippen molar-refractivity contribution in [3.8, 4) is 0 Å². The van der Waals surface area contributed by atoms with Gasteiger partial charge in [-0.2, -0.15) is 0 Å². The monoisotopic (exact) mass is 254 g/mol. The first kappa shape index (κ1) is 14.8. The molecule has 0 amide bonds. The van der Waals surface area contributed by atoms with Crippen LogP contribution in [0.4, 0.5) is 0 Å².